The van der Waals surface area contributed by atoms with E-state index in [4.69, 9.17) is 22.8 Å². The molecule has 0 spiro atoms. The molecule has 0 aliphatic carbocycles. The lowest BCUT2D eigenvalue weighted by atomic mass is 10.1. The van der Waals surface area contributed by atoms with Crippen LogP contribution in [0.2, 0.25) is 6.04 Å². The number of allylic oxidation sites excluding steroid dienone is 2. The van der Waals surface area contributed by atoms with E-state index >= 15 is 0 Å². The van der Waals surface area contributed by atoms with E-state index < -0.39 is 14.9 Å². The van der Waals surface area contributed by atoms with Crippen LogP contribution >= 0.6 is 0 Å². The molecule has 0 fully saturated rings. The number of benzene rings is 1. The van der Waals surface area contributed by atoms with E-state index in [2.05, 4.69) is 0 Å². The molecule has 0 bridgehead atoms. The first kappa shape index (κ1) is 26.5. The molecule has 7 heteroatoms. The van der Waals surface area contributed by atoms with Crippen molar-refractivity contribution >= 4 is 14.9 Å². The second kappa shape index (κ2) is 16.2. The fourth-order valence-corrected chi connectivity index (χ4v) is 4.08. The molecule has 0 amide bonds. The van der Waals surface area contributed by atoms with Gasteiger partial charge in [-0.2, -0.15) is 0 Å². The van der Waals surface area contributed by atoms with Crippen LogP contribution in [0.1, 0.15) is 25.3 Å². The molecule has 0 saturated heterocycles. The van der Waals surface area contributed by atoms with E-state index in [9.17, 15) is 5.11 Å². The maximum Gasteiger partial charge on any atom is 0.502 e. The number of hydrogen-bond donors (Lipinski definition) is 1. The van der Waals surface area contributed by atoms with Gasteiger partial charge in [0.25, 0.3) is 0 Å². The van der Waals surface area contributed by atoms with Crippen LogP contribution in [0.3, 0.4) is 0 Å². The van der Waals surface area contributed by atoms with Gasteiger partial charge in [0, 0.05) is 27.4 Å². The third kappa shape index (κ3) is 11.6. The SMILES string of the molecule is CO[Si](CCOCO[C@H](C)/C=C\C/C=C/C[C@@H](O)/C=C/c1ccccc1)(OC)OC. The minimum absolute atomic E-state index is 0.0490. The van der Waals surface area contributed by atoms with Crippen molar-refractivity contribution in [2.75, 3.05) is 34.7 Å². The molecule has 1 aromatic carbocycles. The third-order valence-electron chi connectivity index (χ3n) is 4.43. The highest BCUT2D eigenvalue weighted by Gasteiger charge is 2.37. The summed E-state index contributed by atoms with van der Waals surface area (Å²) < 4.78 is 27.1. The molecule has 1 rings (SSSR count). The van der Waals surface area contributed by atoms with Crippen LogP contribution in [0.15, 0.2) is 60.7 Å². The quantitative estimate of drug-likeness (QED) is 0.181. The Labute approximate surface area is 182 Å². The van der Waals surface area contributed by atoms with Crippen LogP contribution in [-0.2, 0) is 22.8 Å². The van der Waals surface area contributed by atoms with Crippen LogP contribution in [0.5, 0.6) is 0 Å². The molecular weight excluding hydrogens is 400 g/mol. The molecule has 0 unspecified atom stereocenters. The lowest BCUT2D eigenvalue weighted by Gasteiger charge is -2.24. The zero-order chi connectivity index (χ0) is 22.1. The fraction of sp³-hybridized carbons (Fsp3) is 0.478. The molecule has 0 aromatic heterocycles. The lowest BCUT2D eigenvalue weighted by molar-refractivity contribution is -0.0689. The summed E-state index contributed by atoms with van der Waals surface area (Å²) in [4.78, 5) is 0. The predicted octanol–water partition coefficient (Wildman–Crippen LogP) is 4.21. The largest absolute Gasteiger partial charge is 0.502 e. The Morgan fingerprint density at radius 3 is 2.33 bits per heavy atom. The van der Waals surface area contributed by atoms with Crippen molar-refractivity contribution in [1.29, 1.82) is 0 Å². The molecule has 0 radical (unpaired) electrons. The van der Waals surface area contributed by atoms with E-state index in [0.29, 0.717) is 19.1 Å². The molecule has 1 N–H and O–H groups in total. The van der Waals surface area contributed by atoms with Gasteiger partial charge >= 0.3 is 8.80 Å². The lowest BCUT2D eigenvalue weighted by Crippen LogP contribution is -2.43. The van der Waals surface area contributed by atoms with E-state index in [1.165, 1.54) is 0 Å². The molecule has 6 nitrogen and oxygen atoms in total. The van der Waals surface area contributed by atoms with Crippen molar-refractivity contribution < 1.29 is 27.9 Å². The van der Waals surface area contributed by atoms with Gasteiger partial charge in [0.1, 0.15) is 6.79 Å². The van der Waals surface area contributed by atoms with Gasteiger partial charge in [0.2, 0.25) is 0 Å². The van der Waals surface area contributed by atoms with Crippen LogP contribution in [-0.4, -0.2) is 60.8 Å². The normalized spacial score (nSPS) is 14.8. The first-order valence-electron chi connectivity index (χ1n) is 10.1. The minimum Gasteiger partial charge on any atom is -0.389 e. The highest BCUT2D eigenvalue weighted by Crippen LogP contribution is 2.12. The maximum atomic E-state index is 9.98. The number of hydrogen-bond acceptors (Lipinski definition) is 6. The Bertz CT molecular complexity index is 620. The molecule has 30 heavy (non-hydrogen) atoms. The summed E-state index contributed by atoms with van der Waals surface area (Å²) in [7, 11) is 2.16. The molecule has 1 aromatic rings. The van der Waals surface area contributed by atoms with Crippen molar-refractivity contribution in [2.24, 2.45) is 0 Å². The highest BCUT2D eigenvalue weighted by molar-refractivity contribution is 6.60. The summed E-state index contributed by atoms with van der Waals surface area (Å²) in [6.45, 7) is 2.60. The Balaban J connectivity index is 2.13. The number of ether oxygens (including phenoxy) is 2. The number of aliphatic hydroxyl groups is 1. The molecule has 0 heterocycles. The molecule has 0 aliphatic heterocycles. The molecule has 168 valence electrons. The first-order valence-corrected chi connectivity index (χ1v) is 12.1. The van der Waals surface area contributed by atoms with Crippen LogP contribution < -0.4 is 0 Å². The molecular formula is C23H36O6Si. The van der Waals surface area contributed by atoms with E-state index in [0.717, 1.165) is 12.0 Å². The second-order valence-electron chi connectivity index (χ2n) is 6.65. The Kier molecular flexibility index (Phi) is 14.2. The van der Waals surface area contributed by atoms with Crippen molar-refractivity contribution in [1.82, 2.24) is 0 Å². The Morgan fingerprint density at radius 1 is 0.967 bits per heavy atom. The van der Waals surface area contributed by atoms with E-state index in [1.807, 2.05) is 73.7 Å². The summed E-state index contributed by atoms with van der Waals surface area (Å²) >= 11 is 0. The summed E-state index contributed by atoms with van der Waals surface area (Å²) in [5.41, 5.74) is 1.08. The van der Waals surface area contributed by atoms with Gasteiger partial charge in [0.15, 0.2) is 0 Å². The summed E-state index contributed by atoms with van der Waals surface area (Å²) in [6, 6.07) is 10.5. The maximum absolute atomic E-state index is 9.98. The molecule has 0 saturated carbocycles. The van der Waals surface area contributed by atoms with Gasteiger partial charge in [-0.1, -0.05) is 66.8 Å². The highest BCUT2D eigenvalue weighted by atomic mass is 28.4. The van der Waals surface area contributed by atoms with Gasteiger partial charge in [-0.3, -0.25) is 0 Å². The summed E-state index contributed by atoms with van der Waals surface area (Å²) in [5.74, 6) is 0. The molecule has 0 aliphatic rings. The van der Waals surface area contributed by atoms with Crippen LogP contribution in [0, 0.1) is 0 Å². The summed E-state index contributed by atoms with van der Waals surface area (Å²) in [5, 5.41) is 9.98. The van der Waals surface area contributed by atoms with Crippen LogP contribution in [0.25, 0.3) is 6.08 Å². The second-order valence-corrected chi connectivity index (χ2v) is 9.74. The van der Waals surface area contributed by atoms with Crippen molar-refractivity contribution in [3.8, 4) is 0 Å². The number of aliphatic hydroxyl groups excluding tert-OH is 1. The third-order valence-corrected chi connectivity index (χ3v) is 7.12. The zero-order valence-corrected chi connectivity index (χ0v) is 19.5. The van der Waals surface area contributed by atoms with Crippen molar-refractivity contribution in [2.45, 2.75) is 38.0 Å². The van der Waals surface area contributed by atoms with Gasteiger partial charge in [-0.25, -0.2) is 0 Å². The van der Waals surface area contributed by atoms with Crippen LogP contribution in [0.4, 0.5) is 0 Å². The van der Waals surface area contributed by atoms with Gasteiger partial charge in [0.05, 0.1) is 18.8 Å². The van der Waals surface area contributed by atoms with E-state index in [1.54, 1.807) is 21.3 Å². The average molecular weight is 437 g/mol. The zero-order valence-electron chi connectivity index (χ0n) is 18.5. The first-order chi connectivity index (χ1) is 14.5. The Morgan fingerprint density at radius 2 is 1.67 bits per heavy atom. The topological polar surface area (TPSA) is 66.4 Å². The van der Waals surface area contributed by atoms with Crippen molar-refractivity contribution in [3.05, 3.63) is 66.3 Å². The number of rotatable bonds is 16. The summed E-state index contributed by atoms with van der Waals surface area (Å²) in [6.07, 6.45) is 12.6. The smallest absolute Gasteiger partial charge is 0.389 e. The standard InChI is InChI=1S/C23H36O6Si/c1-21(29-20-28-18-19-30(25-2,26-3)27-4)12-8-5-6-11-15-23(24)17-16-22-13-9-7-10-14-22/h6-14,16-17,21,23-24H,5,15,18-20H2,1-4H3/b11-6+,12-8-,17-16+/t21-,23-/m1/s1. The Hall–Kier alpha value is -1.58. The predicted molar refractivity (Wildman–Crippen MR) is 122 cm³/mol. The molecule has 2 atom stereocenters. The van der Waals surface area contributed by atoms with Gasteiger partial charge < -0.3 is 27.9 Å². The monoisotopic (exact) mass is 436 g/mol. The van der Waals surface area contributed by atoms with E-state index in [-0.39, 0.29) is 12.9 Å². The van der Waals surface area contributed by atoms with Crippen molar-refractivity contribution in [3.63, 3.8) is 0 Å². The average Bonchev–Trinajstić information content (AvgIpc) is 2.78. The minimum atomic E-state index is -2.58. The fourth-order valence-electron chi connectivity index (χ4n) is 2.57. The van der Waals surface area contributed by atoms with Gasteiger partial charge in [-0.15, -0.1) is 0 Å². The van der Waals surface area contributed by atoms with Gasteiger partial charge in [-0.05, 0) is 25.3 Å².